The summed E-state index contributed by atoms with van der Waals surface area (Å²) in [4.78, 5) is 55.7. The van der Waals surface area contributed by atoms with Gasteiger partial charge in [0.05, 0.1) is 13.2 Å². The summed E-state index contributed by atoms with van der Waals surface area (Å²) in [7, 11) is 0. The molecule has 2 saturated heterocycles. The van der Waals surface area contributed by atoms with E-state index in [2.05, 4.69) is 15.6 Å². The van der Waals surface area contributed by atoms with Crippen LogP contribution < -0.4 is 10.6 Å². The molecule has 2 atom stereocenters. The topological polar surface area (TPSA) is 141 Å². The zero-order chi connectivity index (χ0) is 28.4. The molecule has 0 bridgehead atoms. The molecule has 14 heteroatoms. The summed E-state index contributed by atoms with van der Waals surface area (Å²) in [6.45, 7) is 2.50. The normalized spacial score (nSPS) is 20.5. The molecule has 11 nitrogen and oxygen atoms in total. The van der Waals surface area contributed by atoms with E-state index >= 15 is 0 Å². The molecule has 3 aliphatic rings. The van der Waals surface area contributed by atoms with E-state index in [1.54, 1.807) is 22.2 Å². The summed E-state index contributed by atoms with van der Waals surface area (Å²) >= 11 is 0. The number of amides is 4. The summed E-state index contributed by atoms with van der Waals surface area (Å²) in [6, 6.07) is 2.42. The van der Waals surface area contributed by atoms with Crippen LogP contribution in [0, 0.1) is 0 Å². The van der Waals surface area contributed by atoms with Crippen LogP contribution in [0.4, 0.5) is 18.0 Å². The van der Waals surface area contributed by atoms with Crippen molar-refractivity contribution in [3.05, 3.63) is 30.1 Å². The highest BCUT2D eigenvalue weighted by Crippen LogP contribution is 2.22. The zero-order valence-corrected chi connectivity index (χ0v) is 21.5. The average Bonchev–Trinajstić information content (AvgIpc) is 3.61. The quantitative estimate of drug-likeness (QED) is 0.484. The van der Waals surface area contributed by atoms with Crippen molar-refractivity contribution in [3.8, 4) is 0 Å². The van der Waals surface area contributed by atoms with Gasteiger partial charge in [-0.2, -0.15) is 13.2 Å². The van der Waals surface area contributed by atoms with Gasteiger partial charge in [-0.15, -0.1) is 0 Å². The molecular weight excluding hydrogens is 523 g/mol. The summed E-state index contributed by atoms with van der Waals surface area (Å²) < 4.78 is 37.1. The third-order valence-corrected chi connectivity index (χ3v) is 6.84. The molecule has 3 heterocycles. The Labute approximate surface area is 224 Å². The number of carboxylic acids is 1. The minimum atomic E-state index is -5.08. The first kappa shape index (κ1) is 30.1. The smallest absolute Gasteiger partial charge is 0.475 e. The number of rotatable bonds is 6. The molecule has 3 fully saturated rings. The van der Waals surface area contributed by atoms with Crippen molar-refractivity contribution in [1.29, 1.82) is 0 Å². The predicted molar refractivity (Wildman–Crippen MR) is 131 cm³/mol. The number of hydrogen-bond donors (Lipinski definition) is 3. The number of carboxylic acid groups (broad SMARTS) is 1. The Balaban J connectivity index is 0.000000532. The number of morpholine rings is 1. The van der Waals surface area contributed by atoms with Gasteiger partial charge in [0.25, 0.3) is 0 Å². The lowest BCUT2D eigenvalue weighted by atomic mass is 10.1. The Bertz CT molecular complexity index is 984. The Morgan fingerprint density at radius 3 is 2.33 bits per heavy atom. The van der Waals surface area contributed by atoms with Crippen molar-refractivity contribution in [2.75, 3.05) is 32.8 Å². The average molecular weight is 558 g/mol. The zero-order valence-electron chi connectivity index (χ0n) is 21.5. The maximum atomic E-state index is 13.6. The number of carbonyl (C=O) groups excluding carboxylic acids is 3. The van der Waals surface area contributed by atoms with E-state index < -0.39 is 24.2 Å². The van der Waals surface area contributed by atoms with Gasteiger partial charge in [0.15, 0.2) is 0 Å². The van der Waals surface area contributed by atoms with Gasteiger partial charge in [-0.1, -0.05) is 18.9 Å². The van der Waals surface area contributed by atoms with E-state index in [-0.39, 0.29) is 23.9 Å². The van der Waals surface area contributed by atoms with Crippen LogP contribution in [0.15, 0.2) is 24.5 Å². The SMILES string of the molecule is O=C(NC1CCCC1)[C@@H]1CCCN1C(=O)[C@H](Cc1cccnc1)NC(=O)N1CCOCC1.O=C(O)C(F)(F)F. The van der Waals surface area contributed by atoms with Crippen LogP contribution in [0.1, 0.15) is 44.1 Å². The number of pyridine rings is 1. The van der Waals surface area contributed by atoms with E-state index in [0.29, 0.717) is 45.7 Å². The van der Waals surface area contributed by atoms with Crippen LogP contribution in [0.5, 0.6) is 0 Å². The van der Waals surface area contributed by atoms with E-state index in [4.69, 9.17) is 14.6 Å². The monoisotopic (exact) mass is 557 g/mol. The number of halogens is 3. The highest BCUT2D eigenvalue weighted by molar-refractivity contribution is 5.92. The largest absolute Gasteiger partial charge is 0.490 e. The highest BCUT2D eigenvalue weighted by Gasteiger charge is 2.39. The number of ether oxygens (including phenoxy) is 1. The summed E-state index contributed by atoms with van der Waals surface area (Å²) in [5, 5.41) is 13.2. The van der Waals surface area contributed by atoms with Crippen LogP contribution in [0.25, 0.3) is 0 Å². The van der Waals surface area contributed by atoms with Crippen molar-refractivity contribution in [1.82, 2.24) is 25.4 Å². The van der Waals surface area contributed by atoms with E-state index in [9.17, 15) is 27.6 Å². The number of aromatic nitrogens is 1. The minimum absolute atomic E-state index is 0.0672. The van der Waals surface area contributed by atoms with Gasteiger partial charge in [-0.3, -0.25) is 14.6 Å². The number of likely N-dealkylation sites (tertiary alicyclic amines) is 1. The Hall–Kier alpha value is -3.42. The van der Waals surface area contributed by atoms with E-state index in [1.165, 1.54) is 0 Å². The number of nitrogens with one attached hydrogen (secondary N) is 2. The van der Waals surface area contributed by atoms with Crippen molar-refractivity contribution < 1.29 is 42.2 Å². The fourth-order valence-corrected chi connectivity index (χ4v) is 4.83. The number of alkyl halides is 3. The van der Waals surface area contributed by atoms with Crippen molar-refractivity contribution in [3.63, 3.8) is 0 Å². The molecule has 39 heavy (non-hydrogen) atoms. The van der Waals surface area contributed by atoms with Crippen LogP contribution in [-0.2, 0) is 25.5 Å². The molecule has 4 rings (SSSR count). The van der Waals surface area contributed by atoms with E-state index in [1.807, 2.05) is 12.1 Å². The molecule has 0 radical (unpaired) electrons. The Morgan fingerprint density at radius 2 is 1.74 bits per heavy atom. The van der Waals surface area contributed by atoms with Crippen molar-refractivity contribution in [2.24, 2.45) is 0 Å². The second-order valence-corrected chi connectivity index (χ2v) is 9.65. The minimum Gasteiger partial charge on any atom is -0.475 e. The molecule has 4 amide bonds. The second kappa shape index (κ2) is 14.1. The Morgan fingerprint density at radius 1 is 1.08 bits per heavy atom. The number of hydrogen-bond acceptors (Lipinski definition) is 6. The number of urea groups is 1. The maximum Gasteiger partial charge on any atom is 0.490 e. The first-order valence-corrected chi connectivity index (χ1v) is 13.0. The first-order chi connectivity index (χ1) is 18.6. The molecule has 0 spiro atoms. The van der Waals surface area contributed by atoms with Gasteiger partial charge in [0.1, 0.15) is 12.1 Å². The Kier molecular flexibility index (Phi) is 10.9. The number of carbonyl (C=O) groups is 4. The molecule has 216 valence electrons. The fourth-order valence-electron chi connectivity index (χ4n) is 4.83. The van der Waals surface area contributed by atoms with Crippen molar-refractivity contribution in [2.45, 2.75) is 69.2 Å². The summed E-state index contributed by atoms with van der Waals surface area (Å²) in [5.74, 6) is -3.03. The van der Waals surface area contributed by atoms with Crippen LogP contribution >= 0.6 is 0 Å². The fraction of sp³-hybridized carbons (Fsp3) is 0.640. The van der Waals surface area contributed by atoms with Gasteiger partial charge in [0.2, 0.25) is 11.8 Å². The third kappa shape index (κ3) is 9.08. The molecule has 0 unspecified atom stereocenters. The molecule has 0 aromatic carbocycles. The first-order valence-electron chi connectivity index (χ1n) is 13.0. The van der Waals surface area contributed by atoms with Gasteiger partial charge in [0, 0.05) is 44.5 Å². The van der Waals surface area contributed by atoms with E-state index in [0.717, 1.165) is 37.7 Å². The van der Waals surface area contributed by atoms with Crippen LogP contribution in [-0.4, -0.2) is 101 Å². The summed E-state index contributed by atoms with van der Waals surface area (Å²) in [6.07, 6.45) is 4.35. The molecule has 1 saturated carbocycles. The molecule has 3 N–H and O–H groups in total. The standard InChI is InChI=1S/C23H33N5O4.C2HF3O2/c29-21(25-18-6-1-2-7-18)20-8-4-10-28(20)22(30)19(15-17-5-3-9-24-16-17)26-23(31)27-11-13-32-14-12-27;3-2(4,5)1(6)7/h3,5,9,16,18-20H,1-2,4,6-8,10-15H2,(H,25,29)(H,26,31);(H,6,7)/t19-,20-;/m0./s1. The lowest BCUT2D eigenvalue weighted by molar-refractivity contribution is -0.192. The van der Waals surface area contributed by atoms with Gasteiger partial charge in [-0.05, 0) is 37.3 Å². The number of nitrogens with zero attached hydrogens (tertiary/aromatic N) is 3. The van der Waals surface area contributed by atoms with Crippen LogP contribution in [0.3, 0.4) is 0 Å². The second-order valence-electron chi connectivity index (χ2n) is 9.65. The molecular formula is C25H34F3N5O6. The molecule has 1 aromatic rings. The predicted octanol–water partition coefficient (Wildman–Crippen LogP) is 1.72. The lowest BCUT2D eigenvalue weighted by Crippen LogP contribution is -2.57. The van der Waals surface area contributed by atoms with Gasteiger partial charge < -0.3 is 30.3 Å². The van der Waals surface area contributed by atoms with Gasteiger partial charge >= 0.3 is 18.2 Å². The molecule has 1 aromatic heterocycles. The van der Waals surface area contributed by atoms with Crippen LogP contribution in [0.2, 0.25) is 0 Å². The third-order valence-electron chi connectivity index (χ3n) is 6.84. The summed E-state index contributed by atoms with van der Waals surface area (Å²) in [5.41, 5.74) is 0.860. The molecule has 2 aliphatic heterocycles. The van der Waals surface area contributed by atoms with Gasteiger partial charge in [-0.25, -0.2) is 9.59 Å². The highest BCUT2D eigenvalue weighted by atomic mass is 19.4. The molecule has 1 aliphatic carbocycles. The maximum absolute atomic E-state index is 13.6. The van der Waals surface area contributed by atoms with Crippen molar-refractivity contribution >= 4 is 23.8 Å². The lowest BCUT2D eigenvalue weighted by Gasteiger charge is -2.32. The number of aliphatic carboxylic acids is 1.